The van der Waals surface area contributed by atoms with E-state index < -0.39 is 0 Å². The average Bonchev–Trinajstić information content (AvgIpc) is 3.36. The summed E-state index contributed by atoms with van der Waals surface area (Å²) in [6, 6.07) is 18.1. The van der Waals surface area contributed by atoms with E-state index in [-0.39, 0.29) is 0 Å². The number of hydrogen-bond acceptors (Lipinski definition) is 3. The lowest BCUT2D eigenvalue weighted by atomic mass is 9.98. The summed E-state index contributed by atoms with van der Waals surface area (Å²) in [5, 5.41) is 0. The molecule has 5 rings (SSSR count). The fraction of sp³-hybridized carbons (Fsp3) is 0.0435. The largest absolute Gasteiger partial charge is 0.463 e. The molecule has 0 unspecified atom stereocenters. The molecule has 0 amide bonds. The number of terminal acetylenes is 1. The van der Waals surface area contributed by atoms with E-state index >= 15 is 0 Å². The van der Waals surface area contributed by atoms with Crippen LogP contribution in [0.2, 0.25) is 0 Å². The van der Waals surface area contributed by atoms with Crippen LogP contribution in [0.25, 0.3) is 17.1 Å². The van der Waals surface area contributed by atoms with Crippen molar-refractivity contribution in [1.29, 1.82) is 0 Å². The van der Waals surface area contributed by atoms with Gasteiger partial charge in [-0.15, -0.1) is 6.42 Å². The van der Waals surface area contributed by atoms with E-state index in [9.17, 15) is 0 Å². The molecular weight excluding hydrogens is 461 g/mol. The predicted octanol–water partition coefficient (Wildman–Crippen LogP) is 5.07. The molecule has 0 N–H and O–H groups in total. The second-order valence-corrected chi connectivity index (χ2v) is 7.57. The van der Waals surface area contributed by atoms with Crippen LogP contribution in [0.3, 0.4) is 0 Å². The summed E-state index contributed by atoms with van der Waals surface area (Å²) < 4.78 is 8.82. The second kappa shape index (κ2) is 6.80. The Kier molecular flexibility index (Phi) is 4.14. The Bertz CT molecular complexity index is 1260. The van der Waals surface area contributed by atoms with Gasteiger partial charge in [-0.25, -0.2) is 4.98 Å². The number of aromatic nitrogens is 2. The van der Waals surface area contributed by atoms with Crippen LogP contribution < -0.4 is 0 Å². The van der Waals surface area contributed by atoms with Gasteiger partial charge in [0.15, 0.2) is 5.76 Å². The molecule has 0 radical (unpaired) electrons. The first-order chi connectivity index (χ1) is 13.8. The monoisotopic (exact) mass is 475 g/mol. The van der Waals surface area contributed by atoms with Gasteiger partial charge in [-0.05, 0) is 59.0 Å². The van der Waals surface area contributed by atoms with Crippen molar-refractivity contribution in [3.05, 3.63) is 93.1 Å². The Morgan fingerprint density at radius 1 is 1.07 bits per heavy atom. The molecule has 5 heteroatoms. The van der Waals surface area contributed by atoms with Gasteiger partial charge in [-0.1, -0.05) is 24.1 Å². The number of halogens is 1. The number of hydrogen-bond donors (Lipinski definition) is 0. The molecule has 0 atom stereocenters. The van der Waals surface area contributed by atoms with Crippen molar-refractivity contribution >= 4 is 28.3 Å². The Morgan fingerprint density at radius 3 is 2.75 bits per heavy atom. The first-order valence-corrected chi connectivity index (χ1v) is 9.85. The molecule has 0 aliphatic carbocycles. The topological polar surface area (TPSA) is 43.3 Å². The van der Waals surface area contributed by atoms with Crippen molar-refractivity contribution in [1.82, 2.24) is 9.55 Å². The lowest BCUT2D eigenvalue weighted by Gasteiger charge is -2.13. The average molecular weight is 475 g/mol. The Balaban J connectivity index is 1.78. The first kappa shape index (κ1) is 17.0. The van der Waals surface area contributed by atoms with Gasteiger partial charge in [-0.3, -0.25) is 9.56 Å². The van der Waals surface area contributed by atoms with Gasteiger partial charge >= 0.3 is 0 Å². The molecule has 0 saturated carbocycles. The molecule has 2 aromatic heterocycles. The number of imidazole rings is 1. The first-order valence-electron chi connectivity index (χ1n) is 8.77. The lowest BCUT2D eigenvalue weighted by Crippen LogP contribution is -2.09. The van der Waals surface area contributed by atoms with Gasteiger partial charge in [-0.2, -0.15) is 0 Å². The van der Waals surface area contributed by atoms with E-state index in [4.69, 9.17) is 15.8 Å². The molecule has 134 valence electrons. The molecule has 0 bridgehead atoms. The molecule has 2 aromatic carbocycles. The number of aliphatic imine (C=N–C) groups is 1. The minimum absolute atomic E-state index is 0.496. The molecule has 0 fully saturated rings. The molecule has 0 spiro atoms. The smallest absolute Gasteiger partial charge is 0.154 e. The summed E-state index contributed by atoms with van der Waals surface area (Å²) >= 11 is 2.35. The Labute approximate surface area is 176 Å². The minimum Gasteiger partial charge on any atom is -0.463 e. The van der Waals surface area contributed by atoms with Gasteiger partial charge in [0.25, 0.3) is 0 Å². The second-order valence-electron chi connectivity index (χ2n) is 6.41. The molecule has 1 aliphatic heterocycles. The highest BCUT2D eigenvalue weighted by Crippen LogP contribution is 2.32. The zero-order chi connectivity index (χ0) is 19.1. The van der Waals surface area contributed by atoms with Crippen LogP contribution in [0, 0.1) is 15.9 Å². The van der Waals surface area contributed by atoms with E-state index in [1.807, 2.05) is 48.8 Å². The normalized spacial score (nSPS) is 12.5. The van der Waals surface area contributed by atoms with Crippen LogP contribution in [-0.4, -0.2) is 15.3 Å². The Morgan fingerprint density at radius 2 is 1.96 bits per heavy atom. The van der Waals surface area contributed by atoms with Gasteiger partial charge in [0, 0.05) is 20.3 Å². The van der Waals surface area contributed by atoms with Gasteiger partial charge < -0.3 is 4.42 Å². The fourth-order valence-electron chi connectivity index (χ4n) is 3.50. The molecule has 4 aromatic rings. The summed E-state index contributed by atoms with van der Waals surface area (Å²) in [5.41, 5.74) is 6.67. The predicted molar refractivity (Wildman–Crippen MR) is 118 cm³/mol. The van der Waals surface area contributed by atoms with E-state index in [0.29, 0.717) is 6.54 Å². The third-order valence-corrected chi connectivity index (χ3v) is 5.76. The molecule has 3 heterocycles. The zero-order valence-corrected chi connectivity index (χ0v) is 16.9. The highest BCUT2D eigenvalue weighted by Gasteiger charge is 2.24. The Hall–Kier alpha value is -3.11. The minimum atomic E-state index is 0.496. The fourth-order valence-corrected chi connectivity index (χ4v) is 4.14. The van der Waals surface area contributed by atoms with Crippen LogP contribution >= 0.6 is 22.6 Å². The van der Waals surface area contributed by atoms with Crippen molar-refractivity contribution in [2.45, 2.75) is 6.54 Å². The highest BCUT2D eigenvalue weighted by molar-refractivity contribution is 14.1. The van der Waals surface area contributed by atoms with E-state index in [0.717, 1.165) is 48.8 Å². The third-order valence-electron chi connectivity index (χ3n) is 4.81. The summed E-state index contributed by atoms with van der Waals surface area (Å²) in [5.74, 6) is 3.48. The number of furan rings is 1. The molecular formula is C23H14IN3O. The SMILES string of the molecule is C#Cc1ccc2c(c1)C(c1ccccc1I)=NCc1c(-c3ccco3)ncn1-2. The van der Waals surface area contributed by atoms with E-state index in [1.165, 1.54) is 0 Å². The van der Waals surface area contributed by atoms with Gasteiger partial charge in [0.05, 0.1) is 29.9 Å². The van der Waals surface area contributed by atoms with Gasteiger partial charge in [0.2, 0.25) is 0 Å². The third kappa shape index (κ3) is 2.69. The maximum atomic E-state index is 5.68. The summed E-state index contributed by atoms with van der Waals surface area (Å²) in [4.78, 5) is 9.59. The summed E-state index contributed by atoms with van der Waals surface area (Å²) in [6.07, 6.45) is 9.16. The van der Waals surface area contributed by atoms with Crippen LogP contribution in [0.15, 0.2) is 76.6 Å². The quantitative estimate of drug-likeness (QED) is 0.300. The van der Waals surface area contributed by atoms with Crippen molar-refractivity contribution in [3.63, 3.8) is 0 Å². The molecule has 28 heavy (non-hydrogen) atoms. The van der Waals surface area contributed by atoms with Crippen molar-refractivity contribution < 1.29 is 4.42 Å². The number of rotatable bonds is 2. The van der Waals surface area contributed by atoms with Crippen LogP contribution in [-0.2, 0) is 6.54 Å². The molecule has 1 aliphatic rings. The zero-order valence-electron chi connectivity index (χ0n) is 14.8. The number of nitrogens with zero attached hydrogens (tertiary/aromatic N) is 3. The van der Waals surface area contributed by atoms with Gasteiger partial charge in [0.1, 0.15) is 12.0 Å². The number of benzene rings is 2. The number of fused-ring (bicyclic) bond motifs is 3. The maximum Gasteiger partial charge on any atom is 0.154 e. The van der Waals surface area contributed by atoms with E-state index in [2.05, 4.69) is 50.2 Å². The van der Waals surface area contributed by atoms with Crippen LogP contribution in [0.5, 0.6) is 0 Å². The lowest BCUT2D eigenvalue weighted by molar-refractivity contribution is 0.579. The van der Waals surface area contributed by atoms with E-state index in [1.54, 1.807) is 6.26 Å². The van der Waals surface area contributed by atoms with Crippen molar-refractivity contribution in [2.75, 3.05) is 0 Å². The summed E-state index contributed by atoms with van der Waals surface area (Å²) in [6.45, 7) is 0.496. The standard InChI is InChI=1S/C23H14IN3O/c1-2-15-9-10-19-17(12-15)22(16-6-3-4-7-18(16)24)25-13-20-23(26-14-27(19)20)21-8-5-11-28-21/h1,3-12,14H,13H2. The van der Waals surface area contributed by atoms with Crippen molar-refractivity contribution in [2.24, 2.45) is 4.99 Å². The van der Waals surface area contributed by atoms with Crippen LogP contribution in [0.4, 0.5) is 0 Å². The highest BCUT2D eigenvalue weighted by atomic mass is 127. The molecule has 4 nitrogen and oxygen atoms in total. The molecule has 0 saturated heterocycles. The summed E-state index contributed by atoms with van der Waals surface area (Å²) in [7, 11) is 0. The maximum absolute atomic E-state index is 5.68. The van der Waals surface area contributed by atoms with Crippen LogP contribution in [0.1, 0.15) is 22.4 Å². The van der Waals surface area contributed by atoms with Crippen molar-refractivity contribution in [3.8, 4) is 29.5 Å².